The van der Waals surface area contributed by atoms with Crippen LogP contribution in [0.15, 0.2) is 6.33 Å². The Morgan fingerprint density at radius 2 is 2.04 bits per heavy atom. The SMILES string of the molecule is CCOC(=O)CCNP(=O)(OCCSC(=O)C(C)(C)CO)OC[C@H]1O[C@@H](n2cnc3c(NC4CC4)nc(N)nc32)[C@@](C)(O)C1O. The van der Waals surface area contributed by atoms with Crippen molar-refractivity contribution < 1.29 is 48.0 Å². The number of thioether (sulfide) groups is 1. The van der Waals surface area contributed by atoms with E-state index in [1.54, 1.807) is 20.8 Å². The highest BCUT2D eigenvalue weighted by Gasteiger charge is 2.54. The van der Waals surface area contributed by atoms with Crippen LogP contribution in [0.25, 0.3) is 11.2 Å². The maximum atomic E-state index is 13.6. The third kappa shape index (κ3) is 8.69. The van der Waals surface area contributed by atoms with E-state index in [-0.39, 0.29) is 61.3 Å². The largest absolute Gasteiger partial charge is 0.466 e. The topological polar surface area (TPSA) is 242 Å². The van der Waals surface area contributed by atoms with Crippen LogP contribution in [-0.4, -0.2) is 108 Å². The second-order valence-corrected chi connectivity index (χ2v) is 14.5. The van der Waals surface area contributed by atoms with Gasteiger partial charge in [-0.2, -0.15) is 9.97 Å². The Morgan fingerprint density at radius 1 is 1.31 bits per heavy atom. The summed E-state index contributed by atoms with van der Waals surface area (Å²) in [5, 5.41) is 37.3. The number of carbonyl (C=O) groups excluding carboxylic acids is 2. The molecular weight excluding hydrogens is 633 g/mol. The monoisotopic (exact) mass is 675 g/mol. The van der Waals surface area contributed by atoms with Gasteiger partial charge in [0.1, 0.15) is 17.8 Å². The van der Waals surface area contributed by atoms with Crippen LogP contribution in [0.2, 0.25) is 0 Å². The number of aliphatic hydroxyl groups is 3. The zero-order valence-corrected chi connectivity index (χ0v) is 27.4. The number of hydrogen-bond acceptors (Lipinski definition) is 16. The highest BCUT2D eigenvalue weighted by Crippen LogP contribution is 2.46. The number of rotatable bonds is 17. The van der Waals surface area contributed by atoms with Gasteiger partial charge in [-0.15, -0.1) is 0 Å². The summed E-state index contributed by atoms with van der Waals surface area (Å²) in [7, 11) is -4.13. The number of nitrogens with one attached hydrogen (secondary N) is 2. The molecule has 19 heteroatoms. The first-order chi connectivity index (χ1) is 21.2. The van der Waals surface area contributed by atoms with Gasteiger partial charge in [0.05, 0.1) is 44.6 Å². The number of aromatic nitrogens is 4. The van der Waals surface area contributed by atoms with Crippen LogP contribution in [0.5, 0.6) is 0 Å². The van der Waals surface area contributed by atoms with E-state index >= 15 is 0 Å². The number of nitrogen functional groups attached to an aromatic ring is 1. The van der Waals surface area contributed by atoms with E-state index in [1.807, 2.05) is 0 Å². The van der Waals surface area contributed by atoms with Gasteiger partial charge in [-0.1, -0.05) is 11.8 Å². The molecule has 252 valence electrons. The second-order valence-electron chi connectivity index (χ2n) is 11.6. The number of nitrogens with two attached hydrogens (primary N) is 1. The zero-order chi connectivity index (χ0) is 33.0. The van der Waals surface area contributed by atoms with Crippen LogP contribution >= 0.6 is 19.5 Å². The summed E-state index contributed by atoms with van der Waals surface area (Å²) >= 11 is 0.903. The molecule has 2 aliphatic rings. The van der Waals surface area contributed by atoms with Gasteiger partial charge < -0.3 is 35.8 Å². The van der Waals surface area contributed by atoms with Gasteiger partial charge in [0.25, 0.3) is 0 Å². The van der Waals surface area contributed by atoms with Crippen LogP contribution in [0.1, 0.15) is 53.2 Å². The number of ether oxygens (including phenoxy) is 2. The minimum Gasteiger partial charge on any atom is -0.466 e. The fourth-order valence-corrected chi connectivity index (χ4v) is 6.63. The van der Waals surface area contributed by atoms with Crippen molar-refractivity contribution in [2.45, 2.75) is 77.0 Å². The van der Waals surface area contributed by atoms with E-state index in [1.165, 1.54) is 17.8 Å². The van der Waals surface area contributed by atoms with E-state index in [9.17, 15) is 29.5 Å². The molecule has 1 aliphatic heterocycles. The summed E-state index contributed by atoms with van der Waals surface area (Å²) in [5.41, 5.74) is 3.80. The molecule has 1 aliphatic carbocycles. The van der Waals surface area contributed by atoms with Crippen LogP contribution < -0.4 is 16.1 Å². The van der Waals surface area contributed by atoms with Crippen molar-refractivity contribution in [3.63, 3.8) is 0 Å². The number of aliphatic hydroxyl groups excluding tert-OH is 2. The molecule has 2 aromatic rings. The zero-order valence-electron chi connectivity index (χ0n) is 25.7. The molecule has 4 rings (SSSR count). The first kappa shape index (κ1) is 35.4. The number of carbonyl (C=O) groups is 2. The lowest BCUT2D eigenvalue weighted by molar-refractivity contribution is -0.142. The fourth-order valence-electron chi connectivity index (χ4n) is 4.38. The smallest absolute Gasteiger partial charge is 0.405 e. The number of fused-ring (bicyclic) bond motifs is 1. The molecule has 45 heavy (non-hydrogen) atoms. The number of imidazole rings is 1. The van der Waals surface area contributed by atoms with Gasteiger partial charge in [-0.25, -0.2) is 14.6 Å². The Kier molecular flexibility index (Phi) is 11.5. The normalized spacial score (nSPS) is 24.9. The molecule has 1 saturated heterocycles. The molecule has 0 spiro atoms. The van der Waals surface area contributed by atoms with E-state index in [4.69, 9.17) is 24.3 Å². The van der Waals surface area contributed by atoms with Crippen LogP contribution in [0, 0.1) is 5.41 Å². The summed E-state index contributed by atoms with van der Waals surface area (Å²) in [6.07, 6.45) is -0.634. The average molecular weight is 676 g/mol. The fraction of sp³-hybridized carbons (Fsp3) is 0.731. The maximum absolute atomic E-state index is 13.6. The maximum Gasteiger partial charge on any atom is 0.405 e. The third-order valence-corrected chi connectivity index (χ3v) is 10.0. The van der Waals surface area contributed by atoms with E-state index < -0.39 is 49.8 Å². The number of nitrogens with zero attached hydrogens (tertiary/aromatic N) is 4. The minimum absolute atomic E-state index is 0.0164. The quantitative estimate of drug-likeness (QED) is 0.0777. The Hall–Kier alpha value is -2.41. The summed E-state index contributed by atoms with van der Waals surface area (Å²) < 4.78 is 37.1. The van der Waals surface area contributed by atoms with Crippen LogP contribution in [0.4, 0.5) is 11.8 Å². The second kappa shape index (κ2) is 14.6. The van der Waals surface area contributed by atoms with Gasteiger partial charge in [0, 0.05) is 18.3 Å². The van der Waals surface area contributed by atoms with E-state index in [0.29, 0.717) is 11.3 Å². The average Bonchev–Trinajstić information content (AvgIpc) is 3.65. The third-order valence-electron chi connectivity index (χ3n) is 7.24. The van der Waals surface area contributed by atoms with Gasteiger partial charge in [0.15, 0.2) is 28.3 Å². The standard InChI is InChI=1S/C26H42N7O10PS/c1-5-40-17(35)8-9-29-44(39,41-10-11-45-23(37)25(2,3)13-34)42-12-16-19(36)26(4,38)22(43-16)33-14-28-18-20(30-15-6-7-15)31-24(27)32-21(18)33/h14-16,19,22,34,36,38H,5-13H2,1-4H3,(H,29,39)(H3,27,30,31,32)/t16-,19?,22-,26+,44?/m1/s1. The van der Waals surface area contributed by atoms with Crippen molar-refractivity contribution in [3.05, 3.63) is 6.33 Å². The molecular formula is C26H42N7O10PS. The summed E-state index contributed by atoms with van der Waals surface area (Å²) in [4.78, 5) is 37.0. The van der Waals surface area contributed by atoms with Crippen molar-refractivity contribution in [2.75, 3.05) is 49.8 Å². The summed E-state index contributed by atoms with van der Waals surface area (Å²) in [6.45, 7) is 5.29. The first-order valence-electron chi connectivity index (χ1n) is 14.6. The van der Waals surface area contributed by atoms with E-state index in [0.717, 1.165) is 24.6 Å². The van der Waals surface area contributed by atoms with Crippen molar-refractivity contribution in [1.82, 2.24) is 24.6 Å². The van der Waals surface area contributed by atoms with Gasteiger partial charge >= 0.3 is 13.7 Å². The predicted octanol–water partition coefficient (Wildman–Crippen LogP) is 0.955. The van der Waals surface area contributed by atoms with Crippen molar-refractivity contribution in [3.8, 4) is 0 Å². The molecule has 2 unspecified atom stereocenters. The highest BCUT2D eigenvalue weighted by molar-refractivity contribution is 8.13. The lowest BCUT2D eigenvalue weighted by Crippen LogP contribution is -2.44. The summed E-state index contributed by atoms with van der Waals surface area (Å²) in [6, 6.07) is 0.261. The minimum atomic E-state index is -4.13. The van der Waals surface area contributed by atoms with Crippen molar-refractivity contribution in [2.24, 2.45) is 5.41 Å². The number of esters is 1. The Labute approximate surface area is 264 Å². The molecule has 7 N–H and O–H groups in total. The van der Waals surface area contributed by atoms with E-state index in [2.05, 4.69) is 25.4 Å². The lowest BCUT2D eigenvalue weighted by Gasteiger charge is -2.27. The van der Waals surface area contributed by atoms with Gasteiger partial charge in [-0.05, 0) is 40.5 Å². The molecule has 0 bridgehead atoms. The van der Waals surface area contributed by atoms with Crippen LogP contribution in [-0.2, 0) is 32.7 Å². The van der Waals surface area contributed by atoms with Gasteiger partial charge in [-0.3, -0.25) is 23.2 Å². The predicted molar refractivity (Wildman–Crippen MR) is 164 cm³/mol. The molecule has 2 aromatic heterocycles. The summed E-state index contributed by atoms with van der Waals surface area (Å²) in [5.74, 6) is 0.0100. The highest BCUT2D eigenvalue weighted by atomic mass is 32.2. The Bertz CT molecular complexity index is 1410. The Morgan fingerprint density at radius 3 is 2.71 bits per heavy atom. The Balaban J connectivity index is 1.44. The molecule has 0 radical (unpaired) electrons. The molecule has 0 amide bonds. The molecule has 2 fully saturated rings. The van der Waals surface area contributed by atoms with Crippen molar-refractivity contribution in [1.29, 1.82) is 0 Å². The number of hydrogen-bond donors (Lipinski definition) is 6. The molecule has 17 nitrogen and oxygen atoms in total. The lowest BCUT2D eigenvalue weighted by atomic mass is 9.96. The molecule has 1 saturated carbocycles. The number of anilines is 2. The van der Waals surface area contributed by atoms with Crippen molar-refractivity contribution >= 4 is 53.5 Å². The van der Waals surface area contributed by atoms with Gasteiger partial charge in [0.2, 0.25) is 5.95 Å². The molecule has 5 atom stereocenters. The molecule has 0 aromatic carbocycles. The molecule has 3 heterocycles. The van der Waals surface area contributed by atoms with Crippen LogP contribution in [0.3, 0.4) is 0 Å². The first-order valence-corrected chi connectivity index (χ1v) is 17.1.